The number of aliphatic carboxylic acids is 1. The zero-order valence-electron chi connectivity index (χ0n) is 8.28. The normalized spacial score (nSPS) is 9.73. The summed E-state index contributed by atoms with van der Waals surface area (Å²) in [5, 5.41) is 11.5. The van der Waals surface area contributed by atoms with Crippen LogP contribution in [0.25, 0.3) is 0 Å². The van der Waals surface area contributed by atoms with Crippen LogP contribution in [0.5, 0.6) is 0 Å². The van der Waals surface area contributed by atoms with E-state index in [4.69, 9.17) is 5.11 Å². The van der Waals surface area contributed by atoms with Gasteiger partial charge in [-0.3, -0.25) is 9.59 Å². The molecule has 4 nitrogen and oxygen atoms in total. The number of hydrogen-bond acceptors (Lipinski definition) is 2. The zero-order valence-corrected chi connectivity index (χ0v) is 9.43. The van der Waals surface area contributed by atoms with E-state index in [1.165, 1.54) is 0 Å². The molecule has 0 saturated heterocycles. The fraction of sp³-hybridized carbons (Fsp3) is 0.200. The molecule has 1 aromatic carbocycles. The summed E-state index contributed by atoms with van der Waals surface area (Å²) in [6, 6.07) is 5.43. The Morgan fingerprint density at radius 1 is 1.47 bits per heavy atom. The largest absolute Gasteiger partial charge is 0.480 e. The van der Waals surface area contributed by atoms with Crippen LogP contribution in [-0.2, 0) is 4.79 Å². The summed E-state index contributed by atoms with van der Waals surface area (Å²) in [5.74, 6) is -1.41. The highest BCUT2D eigenvalue weighted by Crippen LogP contribution is 2.07. The molecule has 0 bridgehead atoms. The summed E-state index contributed by atoms with van der Waals surface area (Å²) < 4.78 is 0. The van der Waals surface area contributed by atoms with Gasteiger partial charge in [-0.2, -0.15) is 0 Å². The lowest BCUT2D eigenvalue weighted by Crippen LogP contribution is -2.32. The molecule has 0 spiro atoms. The number of carboxylic acids is 1. The Morgan fingerprint density at radius 3 is 2.67 bits per heavy atom. The number of carboxylic acid groups (broad SMARTS) is 1. The predicted octanol–water partition coefficient (Wildman–Crippen LogP) is 0.310. The molecule has 0 aromatic heterocycles. The molecule has 5 heteroatoms. The van der Waals surface area contributed by atoms with Crippen LogP contribution in [0.3, 0.4) is 0 Å². The lowest BCUT2D eigenvalue weighted by atomic mass is 10.1. The molecule has 1 atom stereocenters. The molecule has 0 fully saturated rings. The van der Waals surface area contributed by atoms with Gasteiger partial charge in [-0.05, 0) is 17.8 Å². The average Bonchev–Trinajstić information content (AvgIpc) is 2.14. The first kappa shape index (κ1) is 11.7. The predicted molar refractivity (Wildman–Crippen MR) is 60.5 cm³/mol. The maximum atomic E-state index is 11.6. The van der Waals surface area contributed by atoms with Gasteiger partial charge in [0.1, 0.15) is 6.54 Å². The molecule has 0 aliphatic heterocycles. The van der Waals surface area contributed by atoms with Crippen molar-refractivity contribution in [3.05, 3.63) is 29.3 Å². The van der Waals surface area contributed by atoms with Gasteiger partial charge in [0.25, 0.3) is 5.91 Å². The van der Waals surface area contributed by atoms with Crippen molar-refractivity contribution in [2.75, 3.05) is 6.54 Å². The molecule has 2 N–H and O–H groups in total. The zero-order chi connectivity index (χ0) is 11.4. The quantitative estimate of drug-likeness (QED) is 0.727. The van der Waals surface area contributed by atoms with Crippen molar-refractivity contribution >= 4 is 26.4 Å². The fourth-order valence-corrected chi connectivity index (χ4v) is 1.71. The van der Waals surface area contributed by atoms with E-state index in [0.717, 1.165) is 10.9 Å². The number of carbonyl (C=O) groups excluding carboxylic acids is 1. The molecule has 0 aliphatic rings. The van der Waals surface area contributed by atoms with E-state index in [1.807, 2.05) is 19.1 Å². The van der Waals surface area contributed by atoms with Crippen molar-refractivity contribution in [1.82, 2.24) is 5.32 Å². The first-order chi connectivity index (χ1) is 7.02. The van der Waals surface area contributed by atoms with E-state index in [0.29, 0.717) is 5.56 Å². The van der Waals surface area contributed by atoms with Crippen molar-refractivity contribution in [1.29, 1.82) is 0 Å². The van der Waals surface area contributed by atoms with Crippen LogP contribution < -0.4 is 10.6 Å². The molecule has 0 aliphatic carbocycles. The fourth-order valence-electron chi connectivity index (χ4n) is 1.24. The number of hydrogen-bond donors (Lipinski definition) is 2. The monoisotopic (exact) mass is 225 g/mol. The molecule has 80 valence electrons. The number of amides is 1. The Morgan fingerprint density at radius 2 is 2.13 bits per heavy atom. The van der Waals surface area contributed by atoms with Gasteiger partial charge in [0.2, 0.25) is 0 Å². The van der Waals surface area contributed by atoms with Gasteiger partial charge in [-0.1, -0.05) is 18.2 Å². The van der Waals surface area contributed by atoms with Crippen LogP contribution in [0.15, 0.2) is 18.2 Å². The first-order valence-electron chi connectivity index (χ1n) is 4.37. The van der Waals surface area contributed by atoms with Crippen LogP contribution in [0.2, 0.25) is 0 Å². The summed E-state index contributed by atoms with van der Waals surface area (Å²) in [5.41, 5.74) is 1.34. The highest BCUT2D eigenvalue weighted by Gasteiger charge is 2.12. The topological polar surface area (TPSA) is 66.4 Å². The maximum absolute atomic E-state index is 11.6. The van der Waals surface area contributed by atoms with Crippen LogP contribution in [0.4, 0.5) is 0 Å². The first-order valence-corrected chi connectivity index (χ1v) is 4.95. The standard InChI is InChI=1S/C10H12NO3P/c1-6-3-2-4-7(15)9(6)10(14)11-5-8(12)13/h2-4H,5,15H2,1H3,(H,11,14)(H,12,13). The van der Waals surface area contributed by atoms with Gasteiger partial charge in [0.05, 0.1) is 0 Å². The SMILES string of the molecule is Cc1cccc(P)c1C(=O)NCC(=O)O. The third kappa shape index (κ3) is 3.03. The Balaban J connectivity index is 2.86. The van der Waals surface area contributed by atoms with E-state index < -0.39 is 5.97 Å². The van der Waals surface area contributed by atoms with Crippen molar-refractivity contribution in [3.8, 4) is 0 Å². The summed E-state index contributed by atoms with van der Waals surface area (Å²) in [6.45, 7) is 1.44. The lowest BCUT2D eigenvalue weighted by molar-refractivity contribution is -0.135. The van der Waals surface area contributed by atoms with E-state index in [9.17, 15) is 9.59 Å². The average molecular weight is 225 g/mol. The number of rotatable bonds is 3. The summed E-state index contributed by atoms with van der Waals surface area (Å²) in [7, 11) is 2.46. The maximum Gasteiger partial charge on any atom is 0.322 e. The van der Waals surface area contributed by atoms with Gasteiger partial charge in [-0.25, -0.2) is 0 Å². The van der Waals surface area contributed by atoms with Gasteiger partial charge in [-0.15, -0.1) is 9.24 Å². The van der Waals surface area contributed by atoms with Crippen molar-refractivity contribution < 1.29 is 14.7 Å². The molecule has 0 saturated carbocycles. The second-order valence-electron chi connectivity index (χ2n) is 3.12. The van der Waals surface area contributed by atoms with Crippen LogP contribution in [0, 0.1) is 6.92 Å². The van der Waals surface area contributed by atoms with Gasteiger partial charge in [0.15, 0.2) is 0 Å². The minimum Gasteiger partial charge on any atom is -0.480 e. The van der Waals surface area contributed by atoms with E-state index in [-0.39, 0.29) is 12.5 Å². The minimum atomic E-state index is -1.05. The van der Waals surface area contributed by atoms with E-state index in [2.05, 4.69) is 14.6 Å². The second kappa shape index (κ2) is 4.89. The van der Waals surface area contributed by atoms with Gasteiger partial charge < -0.3 is 10.4 Å². The van der Waals surface area contributed by atoms with Crippen LogP contribution in [-0.4, -0.2) is 23.5 Å². The van der Waals surface area contributed by atoms with Crippen molar-refractivity contribution in [2.24, 2.45) is 0 Å². The summed E-state index contributed by atoms with van der Waals surface area (Å²) >= 11 is 0. The Labute approximate surface area is 89.9 Å². The Bertz CT molecular complexity index is 383. The molecule has 1 rings (SSSR count). The highest BCUT2D eigenvalue weighted by molar-refractivity contribution is 7.27. The smallest absolute Gasteiger partial charge is 0.322 e. The van der Waals surface area contributed by atoms with Crippen molar-refractivity contribution in [2.45, 2.75) is 6.92 Å². The minimum absolute atomic E-state index is 0.361. The number of carbonyl (C=O) groups is 2. The van der Waals surface area contributed by atoms with Crippen LogP contribution >= 0.6 is 9.24 Å². The van der Waals surface area contributed by atoms with Gasteiger partial charge in [0, 0.05) is 5.56 Å². The Hall–Kier alpha value is -1.41. The third-order valence-corrected chi connectivity index (χ3v) is 2.41. The molecular formula is C10H12NO3P. The molecular weight excluding hydrogens is 213 g/mol. The molecule has 0 heterocycles. The molecule has 15 heavy (non-hydrogen) atoms. The highest BCUT2D eigenvalue weighted by atomic mass is 31.0. The number of benzene rings is 1. The van der Waals surface area contributed by atoms with E-state index in [1.54, 1.807) is 6.07 Å². The van der Waals surface area contributed by atoms with Crippen molar-refractivity contribution in [3.63, 3.8) is 0 Å². The van der Waals surface area contributed by atoms with E-state index >= 15 is 0 Å². The number of aryl methyl sites for hydroxylation is 1. The molecule has 1 amide bonds. The summed E-state index contributed by atoms with van der Waals surface area (Å²) in [6.07, 6.45) is 0. The number of nitrogens with one attached hydrogen (secondary N) is 1. The Kier molecular flexibility index (Phi) is 3.81. The summed E-state index contributed by atoms with van der Waals surface area (Å²) in [4.78, 5) is 21.9. The molecule has 0 radical (unpaired) electrons. The second-order valence-corrected chi connectivity index (χ2v) is 3.74. The molecule has 1 unspecified atom stereocenters. The van der Waals surface area contributed by atoms with Crippen LogP contribution in [0.1, 0.15) is 15.9 Å². The molecule has 1 aromatic rings. The lowest BCUT2D eigenvalue weighted by Gasteiger charge is -2.08. The third-order valence-electron chi connectivity index (χ3n) is 1.93. The van der Waals surface area contributed by atoms with Gasteiger partial charge >= 0.3 is 5.97 Å².